The minimum Gasteiger partial charge on any atom is -0.478 e. The fourth-order valence-corrected chi connectivity index (χ4v) is 2.47. The van der Waals surface area contributed by atoms with Crippen LogP contribution in [0, 0.1) is 11.3 Å². The largest absolute Gasteiger partial charge is 0.478 e. The van der Waals surface area contributed by atoms with E-state index in [-0.39, 0.29) is 5.56 Å². The van der Waals surface area contributed by atoms with Crippen molar-refractivity contribution in [1.29, 1.82) is 5.26 Å². The normalized spacial score (nSPS) is 13.2. The molecule has 0 saturated heterocycles. The van der Waals surface area contributed by atoms with Crippen molar-refractivity contribution < 1.29 is 9.90 Å². The van der Waals surface area contributed by atoms with Crippen molar-refractivity contribution in [2.45, 2.75) is 6.42 Å². The Morgan fingerprint density at radius 2 is 1.96 bits per heavy atom. The molecule has 0 spiro atoms. The monoisotopic (exact) mass is 303 g/mol. The molecule has 0 aromatic heterocycles. The lowest BCUT2D eigenvalue weighted by Gasteiger charge is -2.07. The molecule has 0 unspecified atom stereocenters. The van der Waals surface area contributed by atoms with Crippen molar-refractivity contribution in [3.05, 3.63) is 65.2 Å². The maximum atomic E-state index is 11.2. The van der Waals surface area contributed by atoms with Gasteiger partial charge in [0.25, 0.3) is 0 Å². The van der Waals surface area contributed by atoms with Crippen molar-refractivity contribution in [2.75, 3.05) is 0 Å². The second-order valence-electron chi connectivity index (χ2n) is 5.19. The van der Waals surface area contributed by atoms with E-state index >= 15 is 0 Å². The summed E-state index contributed by atoms with van der Waals surface area (Å²) in [5, 5.41) is 18.3. The Morgan fingerprint density at radius 1 is 1.17 bits per heavy atom. The fourth-order valence-electron chi connectivity index (χ4n) is 2.47. The molecule has 2 aromatic rings. The third-order valence-corrected chi connectivity index (χ3v) is 3.57. The Balaban J connectivity index is 2.08. The van der Waals surface area contributed by atoms with Gasteiger partial charge in [-0.25, -0.2) is 9.79 Å². The number of nitriles is 1. The second-order valence-corrected chi connectivity index (χ2v) is 5.19. The maximum absolute atomic E-state index is 11.2. The van der Waals surface area contributed by atoms with Gasteiger partial charge in [0.05, 0.1) is 22.9 Å². The highest BCUT2D eigenvalue weighted by Gasteiger charge is 2.11. The molecule has 0 fully saturated rings. The molecule has 112 valence electrons. The highest BCUT2D eigenvalue weighted by molar-refractivity contribution is 5.94. The average Bonchev–Trinajstić information content (AvgIpc) is 3.01. The Bertz CT molecular complexity index is 905. The summed E-state index contributed by atoms with van der Waals surface area (Å²) in [4.78, 5) is 15.5. The molecule has 0 aliphatic carbocycles. The van der Waals surface area contributed by atoms with Crippen LogP contribution in [-0.2, 0) is 0 Å². The van der Waals surface area contributed by atoms with E-state index in [0.717, 1.165) is 16.8 Å². The molecule has 5 nitrogen and oxygen atoms in total. The molecular weight excluding hydrogens is 290 g/mol. The lowest BCUT2D eigenvalue weighted by atomic mass is 9.98. The first kappa shape index (κ1) is 14.5. The van der Waals surface area contributed by atoms with Crippen LogP contribution >= 0.6 is 0 Å². The number of carboxylic acid groups (broad SMARTS) is 1. The molecule has 23 heavy (non-hydrogen) atoms. The van der Waals surface area contributed by atoms with Gasteiger partial charge in [-0.1, -0.05) is 24.3 Å². The molecule has 0 saturated carbocycles. The summed E-state index contributed by atoms with van der Waals surface area (Å²) in [6, 6.07) is 14.2. The van der Waals surface area contributed by atoms with Gasteiger partial charge in [-0.3, -0.25) is 0 Å². The van der Waals surface area contributed by atoms with Crippen molar-refractivity contribution in [2.24, 2.45) is 10.7 Å². The third-order valence-electron chi connectivity index (χ3n) is 3.57. The number of nitrogens with zero attached hydrogens (tertiary/aromatic N) is 2. The summed E-state index contributed by atoms with van der Waals surface area (Å²) >= 11 is 0. The number of amidine groups is 1. The van der Waals surface area contributed by atoms with Gasteiger partial charge in [0.1, 0.15) is 5.84 Å². The lowest BCUT2D eigenvalue weighted by molar-refractivity contribution is 0.0697. The molecule has 0 bridgehead atoms. The quantitative estimate of drug-likeness (QED) is 0.910. The molecule has 0 radical (unpaired) electrons. The average molecular weight is 303 g/mol. The van der Waals surface area contributed by atoms with Gasteiger partial charge < -0.3 is 10.8 Å². The van der Waals surface area contributed by atoms with Crippen molar-refractivity contribution in [3.63, 3.8) is 0 Å². The zero-order valence-electron chi connectivity index (χ0n) is 12.2. The standard InChI is InChI=1S/C18H13N3O2/c19-10-11-6-14(9-15(7-11)18(22)23)12-2-1-3-13(8-12)16-4-5-17(20)21-16/h1-4,6-9H,5H2,(H2,20,21)(H,22,23). The number of aromatic carboxylic acids is 1. The number of carboxylic acids is 1. The third kappa shape index (κ3) is 2.97. The van der Waals surface area contributed by atoms with Gasteiger partial charge in [-0.15, -0.1) is 0 Å². The summed E-state index contributed by atoms with van der Waals surface area (Å²) in [5.41, 5.74) is 9.31. The number of benzene rings is 2. The molecule has 0 amide bonds. The predicted molar refractivity (Wildman–Crippen MR) is 87.8 cm³/mol. The number of carbonyl (C=O) groups is 1. The van der Waals surface area contributed by atoms with Gasteiger partial charge in [0.2, 0.25) is 0 Å². The van der Waals surface area contributed by atoms with Crippen LogP contribution in [0.3, 0.4) is 0 Å². The Labute approximate surface area is 133 Å². The SMILES string of the molecule is N#Cc1cc(C(=O)O)cc(-c2cccc(C3=CCC(N)=N3)c2)c1. The summed E-state index contributed by atoms with van der Waals surface area (Å²) < 4.78 is 0. The Kier molecular flexibility index (Phi) is 3.65. The molecule has 3 N–H and O–H groups in total. The Hall–Kier alpha value is -3.39. The molecule has 1 heterocycles. The highest BCUT2D eigenvalue weighted by atomic mass is 16.4. The minimum atomic E-state index is -1.06. The second kappa shape index (κ2) is 5.78. The first-order chi connectivity index (χ1) is 11.1. The van der Waals surface area contributed by atoms with Crippen LogP contribution in [0.5, 0.6) is 0 Å². The first-order valence-electron chi connectivity index (χ1n) is 6.99. The van der Waals surface area contributed by atoms with Crippen molar-refractivity contribution in [3.8, 4) is 17.2 Å². The number of hydrogen-bond donors (Lipinski definition) is 2. The number of aliphatic imine (C=N–C) groups is 1. The number of rotatable bonds is 3. The fraction of sp³-hybridized carbons (Fsp3) is 0.0556. The zero-order valence-corrected chi connectivity index (χ0v) is 12.2. The summed E-state index contributed by atoms with van der Waals surface area (Å²) in [5.74, 6) is -0.486. The van der Waals surface area contributed by atoms with Gasteiger partial charge in [0, 0.05) is 12.0 Å². The van der Waals surface area contributed by atoms with E-state index in [9.17, 15) is 9.90 Å². The Morgan fingerprint density at radius 3 is 2.61 bits per heavy atom. The van der Waals surface area contributed by atoms with Crippen LogP contribution in [0.2, 0.25) is 0 Å². The smallest absolute Gasteiger partial charge is 0.335 e. The van der Waals surface area contributed by atoms with Crippen LogP contribution in [0.4, 0.5) is 0 Å². The summed E-state index contributed by atoms with van der Waals surface area (Å²) in [6.07, 6.45) is 2.58. The van der Waals surface area contributed by atoms with Crippen molar-refractivity contribution in [1.82, 2.24) is 0 Å². The molecular formula is C18H13N3O2. The van der Waals surface area contributed by atoms with E-state index in [4.69, 9.17) is 11.0 Å². The van der Waals surface area contributed by atoms with E-state index in [2.05, 4.69) is 4.99 Å². The summed E-state index contributed by atoms with van der Waals surface area (Å²) in [6.45, 7) is 0. The van der Waals surface area contributed by atoms with Gasteiger partial charge in [-0.05, 0) is 35.4 Å². The molecule has 1 aliphatic heterocycles. The summed E-state index contributed by atoms with van der Waals surface area (Å²) in [7, 11) is 0. The van der Waals surface area contributed by atoms with Gasteiger partial charge >= 0.3 is 5.97 Å². The molecule has 5 heteroatoms. The zero-order chi connectivity index (χ0) is 16.4. The number of nitrogens with two attached hydrogens (primary N) is 1. The first-order valence-corrected chi connectivity index (χ1v) is 6.99. The minimum absolute atomic E-state index is 0.0896. The van der Waals surface area contributed by atoms with Gasteiger partial charge in [0.15, 0.2) is 0 Å². The topological polar surface area (TPSA) is 99.5 Å². The lowest BCUT2D eigenvalue weighted by Crippen LogP contribution is -2.06. The van der Waals surface area contributed by atoms with Crippen LogP contribution in [-0.4, -0.2) is 16.9 Å². The van der Waals surface area contributed by atoms with Crippen LogP contribution in [0.15, 0.2) is 53.5 Å². The van der Waals surface area contributed by atoms with E-state index in [1.165, 1.54) is 6.07 Å². The van der Waals surface area contributed by atoms with E-state index < -0.39 is 5.97 Å². The van der Waals surface area contributed by atoms with Crippen molar-refractivity contribution >= 4 is 17.5 Å². The predicted octanol–water partition coefficient (Wildman–Crippen LogP) is 3.03. The molecule has 0 atom stereocenters. The van der Waals surface area contributed by atoms with E-state index in [1.54, 1.807) is 12.1 Å². The molecule has 3 rings (SSSR count). The van der Waals surface area contributed by atoms with Crippen LogP contribution < -0.4 is 5.73 Å². The molecule has 1 aliphatic rings. The van der Waals surface area contributed by atoms with Crippen LogP contribution in [0.25, 0.3) is 16.8 Å². The maximum Gasteiger partial charge on any atom is 0.335 e. The number of hydrogen-bond acceptors (Lipinski definition) is 4. The highest BCUT2D eigenvalue weighted by Crippen LogP contribution is 2.28. The molecule has 2 aromatic carbocycles. The van der Waals surface area contributed by atoms with Gasteiger partial charge in [-0.2, -0.15) is 5.26 Å². The van der Waals surface area contributed by atoms with E-state index in [1.807, 2.05) is 36.4 Å². The van der Waals surface area contributed by atoms with Crippen LogP contribution in [0.1, 0.15) is 27.9 Å². The van der Waals surface area contributed by atoms with E-state index in [0.29, 0.717) is 23.4 Å².